The van der Waals surface area contributed by atoms with Gasteiger partial charge in [0.15, 0.2) is 5.78 Å². The molecule has 0 bridgehead atoms. The first-order valence-corrected chi connectivity index (χ1v) is 9.58. The van der Waals surface area contributed by atoms with Gasteiger partial charge in [-0.2, -0.15) is 0 Å². The number of ketones is 1. The van der Waals surface area contributed by atoms with Crippen molar-refractivity contribution in [2.24, 2.45) is 4.99 Å². The molecule has 1 fully saturated rings. The maximum Gasteiger partial charge on any atom is 0.188 e. The number of carbonyl (C=O) groups is 1. The number of hydrogen-bond acceptors (Lipinski definition) is 3. The molecule has 0 saturated heterocycles. The smallest absolute Gasteiger partial charge is 0.188 e. The van der Waals surface area contributed by atoms with E-state index in [0.29, 0.717) is 0 Å². The van der Waals surface area contributed by atoms with Crippen molar-refractivity contribution in [2.45, 2.75) is 39.2 Å². The molecule has 0 aliphatic heterocycles. The van der Waals surface area contributed by atoms with Crippen molar-refractivity contribution in [2.75, 3.05) is 25.5 Å². The first-order chi connectivity index (χ1) is 12.9. The average molecular weight is 364 g/mol. The van der Waals surface area contributed by atoms with Gasteiger partial charge in [0.05, 0.1) is 12.0 Å². The molecule has 0 heterocycles. The molecule has 27 heavy (non-hydrogen) atoms. The van der Waals surface area contributed by atoms with Crippen molar-refractivity contribution >= 4 is 23.5 Å². The van der Waals surface area contributed by atoms with E-state index in [-0.39, 0.29) is 5.78 Å². The van der Waals surface area contributed by atoms with E-state index >= 15 is 0 Å². The SMILES string of the molecule is CCN(C)/C=N\c1cc(C)c(C(=O)C2(N(C)c3ccccc3)CC2)cc1C. The predicted molar refractivity (Wildman–Crippen MR) is 114 cm³/mol. The summed E-state index contributed by atoms with van der Waals surface area (Å²) in [4.78, 5) is 22.2. The van der Waals surface area contributed by atoms with Crippen LogP contribution in [0.4, 0.5) is 11.4 Å². The third-order valence-electron chi connectivity index (χ3n) is 5.61. The Bertz CT molecular complexity index is 853. The summed E-state index contributed by atoms with van der Waals surface area (Å²) >= 11 is 0. The Balaban J connectivity index is 1.89. The molecule has 0 aromatic heterocycles. The minimum absolute atomic E-state index is 0.218. The number of rotatable bonds is 7. The quantitative estimate of drug-likeness (QED) is 0.404. The molecule has 1 saturated carbocycles. The van der Waals surface area contributed by atoms with Gasteiger partial charge in [-0.1, -0.05) is 18.2 Å². The zero-order valence-corrected chi connectivity index (χ0v) is 17.0. The van der Waals surface area contributed by atoms with Gasteiger partial charge < -0.3 is 9.80 Å². The van der Waals surface area contributed by atoms with Crippen molar-refractivity contribution in [1.29, 1.82) is 0 Å². The van der Waals surface area contributed by atoms with Crippen LogP contribution in [0.3, 0.4) is 0 Å². The van der Waals surface area contributed by atoms with Gasteiger partial charge in [0.1, 0.15) is 5.54 Å². The van der Waals surface area contributed by atoms with E-state index in [4.69, 9.17) is 0 Å². The monoisotopic (exact) mass is 363 g/mol. The molecule has 4 heteroatoms. The van der Waals surface area contributed by atoms with Crippen molar-refractivity contribution < 1.29 is 4.79 Å². The normalized spacial score (nSPS) is 15.0. The Morgan fingerprint density at radius 3 is 2.37 bits per heavy atom. The summed E-state index contributed by atoms with van der Waals surface area (Å²) < 4.78 is 0. The maximum atomic E-state index is 13.5. The number of hydrogen-bond donors (Lipinski definition) is 0. The van der Waals surface area contributed by atoms with Crippen molar-refractivity contribution in [3.63, 3.8) is 0 Å². The van der Waals surface area contributed by atoms with Gasteiger partial charge in [0.2, 0.25) is 0 Å². The molecular weight excluding hydrogens is 334 g/mol. The van der Waals surface area contributed by atoms with Crippen LogP contribution < -0.4 is 4.90 Å². The summed E-state index contributed by atoms with van der Waals surface area (Å²) in [5, 5.41) is 0. The number of nitrogens with zero attached hydrogens (tertiary/aromatic N) is 3. The number of Topliss-reactive ketones (excluding diaryl/α,β-unsaturated/α-hetero) is 1. The van der Waals surface area contributed by atoms with Gasteiger partial charge in [-0.05, 0) is 69.0 Å². The second-order valence-corrected chi connectivity index (χ2v) is 7.53. The zero-order valence-electron chi connectivity index (χ0n) is 17.0. The molecule has 1 aliphatic carbocycles. The van der Waals surface area contributed by atoms with E-state index in [0.717, 1.165) is 47.5 Å². The highest BCUT2D eigenvalue weighted by atomic mass is 16.1. The summed E-state index contributed by atoms with van der Waals surface area (Å²) in [6.07, 6.45) is 3.64. The van der Waals surface area contributed by atoms with Crippen LogP contribution in [-0.4, -0.2) is 43.2 Å². The van der Waals surface area contributed by atoms with E-state index in [1.165, 1.54) is 0 Å². The van der Waals surface area contributed by atoms with Crippen LogP contribution in [0.15, 0.2) is 47.5 Å². The molecule has 1 aliphatic rings. The van der Waals surface area contributed by atoms with E-state index in [1.807, 2.05) is 69.5 Å². The van der Waals surface area contributed by atoms with Gasteiger partial charge >= 0.3 is 0 Å². The largest absolute Gasteiger partial charge is 0.366 e. The van der Waals surface area contributed by atoms with E-state index in [9.17, 15) is 4.79 Å². The second-order valence-electron chi connectivity index (χ2n) is 7.53. The van der Waals surface area contributed by atoms with Crippen molar-refractivity contribution in [3.8, 4) is 0 Å². The predicted octanol–water partition coefficient (Wildman–Crippen LogP) is 4.77. The minimum Gasteiger partial charge on any atom is -0.366 e. The molecule has 0 atom stereocenters. The Kier molecular flexibility index (Phi) is 5.36. The fourth-order valence-electron chi connectivity index (χ4n) is 3.41. The van der Waals surface area contributed by atoms with Crippen LogP contribution in [-0.2, 0) is 0 Å². The van der Waals surface area contributed by atoms with Crippen LogP contribution >= 0.6 is 0 Å². The summed E-state index contributed by atoms with van der Waals surface area (Å²) in [5.41, 5.74) is 4.43. The molecule has 0 radical (unpaired) electrons. The molecular formula is C23H29N3O. The number of aryl methyl sites for hydroxylation is 2. The number of anilines is 1. The Hall–Kier alpha value is -2.62. The van der Waals surface area contributed by atoms with Crippen molar-refractivity contribution in [3.05, 3.63) is 59.2 Å². The third kappa shape index (κ3) is 3.75. The zero-order chi connectivity index (χ0) is 19.6. The molecule has 3 rings (SSSR count). The van der Waals surface area contributed by atoms with E-state index in [1.54, 1.807) is 0 Å². The standard InChI is InChI=1S/C23H29N3O/c1-6-25(4)16-24-21-15-17(2)20(14-18(21)3)22(27)23(12-13-23)26(5)19-10-8-7-9-11-19/h7-11,14-16H,6,12-13H2,1-5H3/b24-16-. The van der Waals surface area contributed by atoms with E-state index < -0.39 is 5.54 Å². The van der Waals surface area contributed by atoms with Crippen LogP contribution in [0.5, 0.6) is 0 Å². The first-order valence-electron chi connectivity index (χ1n) is 9.58. The molecule has 2 aromatic carbocycles. The molecule has 0 spiro atoms. The maximum absolute atomic E-state index is 13.5. The Morgan fingerprint density at radius 1 is 1.11 bits per heavy atom. The molecule has 0 unspecified atom stereocenters. The third-order valence-corrected chi connectivity index (χ3v) is 5.61. The topological polar surface area (TPSA) is 35.9 Å². The van der Waals surface area contributed by atoms with Crippen LogP contribution in [0.1, 0.15) is 41.3 Å². The number of aliphatic imine (C=N–C) groups is 1. The lowest BCUT2D eigenvalue weighted by molar-refractivity contribution is 0.0946. The lowest BCUT2D eigenvalue weighted by Crippen LogP contribution is -2.41. The summed E-state index contributed by atoms with van der Waals surface area (Å²) in [5.74, 6) is 0.218. The number of likely N-dealkylation sites (N-methyl/N-ethyl adjacent to an activating group) is 1. The Morgan fingerprint density at radius 2 is 1.78 bits per heavy atom. The van der Waals surface area contributed by atoms with Crippen molar-refractivity contribution in [1.82, 2.24) is 4.90 Å². The van der Waals surface area contributed by atoms with Gasteiger partial charge in [-0.3, -0.25) is 4.79 Å². The molecule has 2 aromatic rings. The molecule has 4 nitrogen and oxygen atoms in total. The van der Waals surface area contributed by atoms with Crippen LogP contribution in [0.2, 0.25) is 0 Å². The fraction of sp³-hybridized carbons (Fsp3) is 0.391. The number of para-hydroxylation sites is 1. The van der Waals surface area contributed by atoms with E-state index in [2.05, 4.69) is 28.9 Å². The molecule has 0 amide bonds. The number of benzene rings is 2. The minimum atomic E-state index is -0.411. The molecule has 0 N–H and O–H groups in total. The number of carbonyl (C=O) groups excluding carboxylic acids is 1. The van der Waals surface area contributed by atoms with Crippen LogP contribution in [0.25, 0.3) is 0 Å². The first kappa shape index (κ1) is 19.2. The van der Waals surface area contributed by atoms with Crippen LogP contribution in [0, 0.1) is 13.8 Å². The van der Waals surface area contributed by atoms with Gasteiger partial charge in [0.25, 0.3) is 0 Å². The van der Waals surface area contributed by atoms with Gasteiger partial charge in [0, 0.05) is 31.9 Å². The second kappa shape index (κ2) is 7.55. The summed E-state index contributed by atoms with van der Waals surface area (Å²) in [6.45, 7) is 7.03. The summed E-state index contributed by atoms with van der Waals surface area (Å²) in [7, 11) is 4.03. The fourth-order valence-corrected chi connectivity index (χ4v) is 3.41. The highest BCUT2D eigenvalue weighted by Gasteiger charge is 2.53. The highest BCUT2D eigenvalue weighted by molar-refractivity contribution is 6.08. The average Bonchev–Trinajstić information content (AvgIpc) is 3.49. The van der Waals surface area contributed by atoms with Gasteiger partial charge in [-0.15, -0.1) is 0 Å². The molecule has 142 valence electrons. The highest BCUT2D eigenvalue weighted by Crippen LogP contribution is 2.46. The Labute approximate surface area is 162 Å². The summed E-state index contributed by atoms with van der Waals surface area (Å²) in [6, 6.07) is 14.2. The van der Waals surface area contributed by atoms with Gasteiger partial charge in [-0.25, -0.2) is 4.99 Å². The lowest BCUT2D eigenvalue weighted by atomic mass is 9.94. The lowest BCUT2D eigenvalue weighted by Gasteiger charge is -2.29.